The summed E-state index contributed by atoms with van der Waals surface area (Å²) in [4.78, 5) is 7.48. The molecule has 0 amide bonds. The van der Waals surface area contributed by atoms with Crippen LogP contribution in [-0.4, -0.2) is 15.1 Å². The van der Waals surface area contributed by atoms with Crippen LogP contribution >= 0.6 is 11.6 Å². The molecule has 6 heteroatoms. The van der Waals surface area contributed by atoms with Gasteiger partial charge in [-0.1, -0.05) is 23.2 Å². The lowest BCUT2D eigenvalue weighted by Gasteiger charge is -2.03. The van der Waals surface area contributed by atoms with Gasteiger partial charge < -0.3 is 10.1 Å². The predicted octanol–water partition coefficient (Wildman–Crippen LogP) is 6.42. The standard InChI is InChI=1S/C20H17ClN4O/c1-10-6-12(3)18-15(7-10)19(20(26)23-18)25-24-17-8-11(2)14-9-13(21)4-5-16(14)22-17/h4-9,23,26H,1-3H3. The number of hydrogen-bond acceptors (Lipinski definition) is 4. The number of pyridine rings is 1. The highest BCUT2D eigenvalue weighted by molar-refractivity contribution is 6.31. The highest BCUT2D eigenvalue weighted by Crippen LogP contribution is 2.38. The molecule has 0 unspecified atom stereocenters. The Hall–Kier alpha value is -2.92. The summed E-state index contributed by atoms with van der Waals surface area (Å²) in [6, 6.07) is 11.4. The van der Waals surface area contributed by atoms with Gasteiger partial charge in [-0.15, -0.1) is 10.2 Å². The van der Waals surface area contributed by atoms with Crippen LogP contribution in [0.3, 0.4) is 0 Å². The van der Waals surface area contributed by atoms with Crippen molar-refractivity contribution in [3.05, 3.63) is 58.1 Å². The fourth-order valence-electron chi connectivity index (χ4n) is 3.23. The van der Waals surface area contributed by atoms with Gasteiger partial charge in [0.2, 0.25) is 5.88 Å². The zero-order chi connectivity index (χ0) is 18.4. The third-order valence-electron chi connectivity index (χ3n) is 4.42. The molecule has 130 valence electrons. The number of fused-ring (bicyclic) bond motifs is 2. The van der Waals surface area contributed by atoms with E-state index in [4.69, 9.17) is 11.6 Å². The smallest absolute Gasteiger partial charge is 0.218 e. The normalized spacial score (nSPS) is 11.8. The maximum absolute atomic E-state index is 10.2. The molecule has 2 aromatic carbocycles. The minimum atomic E-state index is 0.00161. The molecule has 4 rings (SSSR count). The van der Waals surface area contributed by atoms with E-state index in [0.717, 1.165) is 38.5 Å². The first kappa shape index (κ1) is 16.5. The lowest BCUT2D eigenvalue weighted by molar-refractivity contribution is 0.459. The molecule has 0 aliphatic rings. The summed E-state index contributed by atoms with van der Waals surface area (Å²) < 4.78 is 0. The van der Waals surface area contributed by atoms with Gasteiger partial charge in [-0.2, -0.15) is 0 Å². The van der Waals surface area contributed by atoms with Crippen LogP contribution in [0.15, 0.2) is 46.6 Å². The maximum atomic E-state index is 10.2. The molecule has 0 bridgehead atoms. The summed E-state index contributed by atoms with van der Waals surface area (Å²) in [5.74, 6) is 0.484. The Balaban J connectivity index is 1.82. The second kappa shape index (κ2) is 6.11. The number of nitrogens with zero attached hydrogens (tertiary/aromatic N) is 3. The van der Waals surface area contributed by atoms with Crippen LogP contribution in [0.4, 0.5) is 11.5 Å². The van der Waals surface area contributed by atoms with Gasteiger partial charge in [0, 0.05) is 15.8 Å². The van der Waals surface area contributed by atoms with Crippen molar-refractivity contribution in [1.29, 1.82) is 0 Å². The highest BCUT2D eigenvalue weighted by atomic mass is 35.5. The summed E-state index contributed by atoms with van der Waals surface area (Å²) in [7, 11) is 0. The van der Waals surface area contributed by atoms with Crippen LogP contribution in [0.1, 0.15) is 16.7 Å². The number of nitrogens with one attached hydrogen (secondary N) is 1. The van der Waals surface area contributed by atoms with E-state index in [-0.39, 0.29) is 5.88 Å². The van der Waals surface area contributed by atoms with Crippen LogP contribution in [-0.2, 0) is 0 Å². The van der Waals surface area contributed by atoms with E-state index in [1.54, 1.807) is 6.07 Å². The summed E-state index contributed by atoms with van der Waals surface area (Å²) >= 11 is 6.06. The average molecular weight is 365 g/mol. The number of azo groups is 1. The molecule has 0 aliphatic heterocycles. The molecule has 0 saturated heterocycles. The monoisotopic (exact) mass is 364 g/mol. The van der Waals surface area contributed by atoms with E-state index >= 15 is 0 Å². The fourth-order valence-corrected chi connectivity index (χ4v) is 3.40. The minimum Gasteiger partial charge on any atom is -0.493 e. The largest absolute Gasteiger partial charge is 0.493 e. The topological polar surface area (TPSA) is 73.6 Å². The molecule has 5 nitrogen and oxygen atoms in total. The summed E-state index contributed by atoms with van der Waals surface area (Å²) in [6.45, 7) is 5.98. The number of aryl methyl sites for hydroxylation is 3. The molecular formula is C20H17ClN4O. The van der Waals surface area contributed by atoms with Crippen LogP contribution in [0.25, 0.3) is 21.8 Å². The first-order valence-electron chi connectivity index (χ1n) is 8.23. The molecule has 0 atom stereocenters. The van der Waals surface area contributed by atoms with Crippen molar-refractivity contribution in [2.75, 3.05) is 0 Å². The first-order chi connectivity index (χ1) is 12.4. The number of halogens is 1. The van der Waals surface area contributed by atoms with Crippen molar-refractivity contribution in [2.24, 2.45) is 10.2 Å². The molecule has 26 heavy (non-hydrogen) atoms. The molecule has 0 radical (unpaired) electrons. The molecule has 2 heterocycles. The lowest BCUT2D eigenvalue weighted by Crippen LogP contribution is -1.83. The molecule has 2 aromatic heterocycles. The molecule has 0 spiro atoms. The molecule has 2 N–H and O–H groups in total. The third kappa shape index (κ3) is 2.80. The maximum Gasteiger partial charge on any atom is 0.218 e. The van der Waals surface area contributed by atoms with Crippen molar-refractivity contribution in [3.8, 4) is 5.88 Å². The second-order valence-electron chi connectivity index (χ2n) is 6.49. The van der Waals surface area contributed by atoms with E-state index in [1.165, 1.54) is 0 Å². The van der Waals surface area contributed by atoms with E-state index < -0.39 is 0 Å². The van der Waals surface area contributed by atoms with Crippen LogP contribution in [0.2, 0.25) is 5.02 Å². The van der Waals surface area contributed by atoms with Gasteiger partial charge in [0.25, 0.3) is 0 Å². The third-order valence-corrected chi connectivity index (χ3v) is 4.65. The molecule has 0 aliphatic carbocycles. The predicted molar refractivity (Wildman–Crippen MR) is 105 cm³/mol. The quantitative estimate of drug-likeness (QED) is 0.403. The van der Waals surface area contributed by atoms with Crippen molar-refractivity contribution in [2.45, 2.75) is 20.8 Å². The Morgan fingerprint density at radius 3 is 2.58 bits per heavy atom. The zero-order valence-electron chi connectivity index (χ0n) is 14.6. The lowest BCUT2D eigenvalue weighted by atomic mass is 10.1. The van der Waals surface area contributed by atoms with Gasteiger partial charge in [-0.3, -0.25) is 0 Å². The number of benzene rings is 2. The Labute approximate surface area is 155 Å². The van der Waals surface area contributed by atoms with Crippen molar-refractivity contribution >= 4 is 44.9 Å². The number of aromatic nitrogens is 2. The average Bonchev–Trinajstić information content (AvgIpc) is 2.90. The second-order valence-corrected chi connectivity index (χ2v) is 6.92. The van der Waals surface area contributed by atoms with E-state index in [0.29, 0.717) is 16.5 Å². The van der Waals surface area contributed by atoms with Gasteiger partial charge in [0.05, 0.1) is 11.0 Å². The number of aromatic hydroxyl groups is 1. The van der Waals surface area contributed by atoms with Crippen molar-refractivity contribution in [1.82, 2.24) is 9.97 Å². The zero-order valence-corrected chi connectivity index (χ0v) is 15.4. The number of aromatic amines is 1. The molecule has 0 saturated carbocycles. The van der Waals surface area contributed by atoms with Gasteiger partial charge in [-0.05, 0) is 62.2 Å². The Bertz CT molecular complexity index is 1190. The molecular weight excluding hydrogens is 348 g/mol. The van der Waals surface area contributed by atoms with Crippen LogP contribution < -0.4 is 0 Å². The summed E-state index contributed by atoms with van der Waals surface area (Å²) in [5, 5.41) is 21.3. The minimum absolute atomic E-state index is 0.00161. The Morgan fingerprint density at radius 2 is 1.77 bits per heavy atom. The highest BCUT2D eigenvalue weighted by Gasteiger charge is 2.13. The van der Waals surface area contributed by atoms with Crippen molar-refractivity contribution in [3.63, 3.8) is 0 Å². The van der Waals surface area contributed by atoms with Crippen LogP contribution in [0.5, 0.6) is 5.88 Å². The summed E-state index contributed by atoms with van der Waals surface area (Å²) in [6.07, 6.45) is 0. The molecule has 4 aromatic rings. The fraction of sp³-hybridized carbons (Fsp3) is 0.150. The van der Waals surface area contributed by atoms with Gasteiger partial charge in [-0.25, -0.2) is 4.98 Å². The van der Waals surface area contributed by atoms with E-state index in [9.17, 15) is 5.11 Å². The SMILES string of the molecule is Cc1cc(C)c2[nH]c(O)c(N=Nc3cc(C)c4cc(Cl)ccc4n3)c2c1. The molecule has 0 fully saturated rings. The van der Waals surface area contributed by atoms with Gasteiger partial charge in [0.1, 0.15) is 0 Å². The van der Waals surface area contributed by atoms with E-state index in [1.807, 2.05) is 45.0 Å². The Morgan fingerprint density at radius 1 is 0.962 bits per heavy atom. The number of H-pyrrole nitrogens is 1. The summed E-state index contributed by atoms with van der Waals surface area (Å²) in [5.41, 5.74) is 5.25. The van der Waals surface area contributed by atoms with Gasteiger partial charge >= 0.3 is 0 Å². The van der Waals surface area contributed by atoms with E-state index in [2.05, 4.69) is 26.3 Å². The van der Waals surface area contributed by atoms with Gasteiger partial charge in [0.15, 0.2) is 11.5 Å². The van der Waals surface area contributed by atoms with Crippen LogP contribution in [0, 0.1) is 20.8 Å². The first-order valence-corrected chi connectivity index (χ1v) is 8.61. The number of rotatable bonds is 2. The van der Waals surface area contributed by atoms with Crippen molar-refractivity contribution < 1.29 is 5.11 Å². The Kier molecular flexibility index (Phi) is 3.89. The number of hydrogen-bond donors (Lipinski definition) is 2.